The van der Waals surface area contributed by atoms with Crippen molar-refractivity contribution in [2.24, 2.45) is 5.92 Å². The Bertz CT molecular complexity index is 124. The fourth-order valence-corrected chi connectivity index (χ4v) is 1.28. The van der Waals surface area contributed by atoms with Gasteiger partial charge in [0.15, 0.2) is 0 Å². The van der Waals surface area contributed by atoms with Crippen LogP contribution in [-0.2, 0) is 4.79 Å². The molecule has 1 fully saturated rings. The van der Waals surface area contributed by atoms with E-state index in [1.54, 1.807) is 7.05 Å². The van der Waals surface area contributed by atoms with E-state index in [1.165, 1.54) is 0 Å². The summed E-state index contributed by atoms with van der Waals surface area (Å²) >= 11 is 0. The van der Waals surface area contributed by atoms with Crippen molar-refractivity contribution >= 4 is 18.3 Å². The summed E-state index contributed by atoms with van der Waals surface area (Å²) in [6.07, 6.45) is 2.16. The fraction of sp³-hybridized carbons (Fsp3) is 0.857. The van der Waals surface area contributed by atoms with Crippen LogP contribution in [0.1, 0.15) is 12.8 Å². The van der Waals surface area contributed by atoms with Crippen LogP contribution in [0, 0.1) is 5.92 Å². The minimum atomic E-state index is 0. The first-order chi connectivity index (χ1) is 4.84. The molecule has 66 valence electrons. The van der Waals surface area contributed by atoms with Gasteiger partial charge < -0.3 is 10.6 Å². The van der Waals surface area contributed by atoms with Crippen LogP contribution in [0.3, 0.4) is 0 Å². The van der Waals surface area contributed by atoms with Gasteiger partial charge in [0.25, 0.3) is 0 Å². The molecule has 1 heterocycles. The number of carbonyl (C=O) groups excluding carboxylic acids is 1. The second-order valence-electron chi connectivity index (χ2n) is 2.66. The van der Waals surface area contributed by atoms with Crippen molar-refractivity contribution in [3.05, 3.63) is 0 Å². The molecule has 11 heavy (non-hydrogen) atoms. The van der Waals surface area contributed by atoms with E-state index < -0.39 is 0 Å². The van der Waals surface area contributed by atoms with E-state index in [1.807, 2.05) is 0 Å². The van der Waals surface area contributed by atoms with Crippen molar-refractivity contribution in [1.82, 2.24) is 10.6 Å². The molecule has 1 aliphatic rings. The van der Waals surface area contributed by atoms with Crippen LogP contribution < -0.4 is 10.6 Å². The van der Waals surface area contributed by atoms with Crippen LogP contribution in [0.25, 0.3) is 0 Å². The molecule has 1 saturated heterocycles. The molecule has 1 rings (SSSR count). The molecule has 0 radical (unpaired) electrons. The van der Waals surface area contributed by atoms with Gasteiger partial charge in [0.05, 0.1) is 5.92 Å². The molecular weight excluding hydrogens is 164 g/mol. The molecule has 1 amide bonds. The number of hydrogen-bond donors (Lipinski definition) is 2. The van der Waals surface area contributed by atoms with Gasteiger partial charge in [0.2, 0.25) is 5.91 Å². The summed E-state index contributed by atoms with van der Waals surface area (Å²) in [4.78, 5) is 11.0. The van der Waals surface area contributed by atoms with Gasteiger partial charge in [-0.2, -0.15) is 0 Å². The lowest BCUT2D eigenvalue weighted by molar-refractivity contribution is -0.124. The van der Waals surface area contributed by atoms with E-state index in [0.717, 1.165) is 25.9 Å². The second kappa shape index (κ2) is 5.38. The number of nitrogens with one attached hydrogen (secondary N) is 2. The Morgan fingerprint density at radius 1 is 1.64 bits per heavy atom. The summed E-state index contributed by atoms with van der Waals surface area (Å²) in [6.45, 7) is 1.91. The monoisotopic (exact) mass is 178 g/mol. The Hall–Kier alpha value is -0.280. The quantitative estimate of drug-likeness (QED) is 0.601. The number of amides is 1. The summed E-state index contributed by atoms with van der Waals surface area (Å²) in [5.41, 5.74) is 0. The number of halogens is 1. The Labute approximate surface area is 73.3 Å². The number of carbonyl (C=O) groups is 1. The third kappa shape index (κ3) is 3.08. The van der Waals surface area contributed by atoms with Crippen LogP contribution in [0.15, 0.2) is 0 Å². The van der Waals surface area contributed by atoms with Crippen molar-refractivity contribution in [1.29, 1.82) is 0 Å². The standard InChI is InChI=1S/C7H14N2O.ClH/c1-8-7(10)6-3-2-4-9-5-6;/h6,9H,2-5H2,1H3,(H,8,10);1H/t6-;/m0./s1. The minimum Gasteiger partial charge on any atom is -0.359 e. The van der Waals surface area contributed by atoms with E-state index in [2.05, 4.69) is 10.6 Å². The van der Waals surface area contributed by atoms with Gasteiger partial charge in [-0.25, -0.2) is 0 Å². The number of piperidine rings is 1. The summed E-state index contributed by atoms with van der Waals surface area (Å²) in [6, 6.07) is 0. The summed E-state index contributed by atoms with van der Waals surface area (Å²) in [7, 11) is 1.69. The maximum Gasteiger partial charge on any atom is 0.224 e. The molecule has 0 aromatic carbocycles. The maximum absolute atomic E-state index is 11.0. The molecule has 0 spiro atoms. The Morgan fingerprint density at radius 2 is 2.36 bits per heavy atom. The normalized spacial score (nSPS) is 23.5. The smallest absolute Gasteiger partial charge is 0.224 e. The lowest BCUT2D eigenvalue weighted by Gasteiger charge is -2.20. The zero-order valence-electron chi connectivity index (χ0n) is 6.72. The Kier molecular flexibility index (Phi) is 5.24. The molecule has 1 aliphatic heterocycles. The van der Waals surface area contributed by atoms with E-state index in [0.29, 0.717) is 0 Å². The van der Waals surface area contributed by atoms with E-state index in [-0.39, 0.29) is 24.2 Å². The first-order valence-corrected chi connectivity index (χ1v) is 3.77. The average molecular weight is 179 g/mol. The van der Waals surface area contributed by atoms with Crippen LogP contribution in [0.5, 0.6) is 0 Å². The molecule has 0 aromatic heterocycles. The van der Waals surface area contributed by atoms with Crippen molar-refractivity contribution in [3.63, 3.8) is 0 Å². The van der Waals surface area contributed by atoms with Crippen LogP contribution in [0.2, 0.25) is 0 Å². The molecule has 3 nitrogen and oxygen atoms in total. The first-order valence-electron chi connectivity index (χ1n) is 3.77. The molecule has 0 saturated carbocycles. The van der Waals surface area contributed by atoms with Crippen molar-refractivity contribution in [2.75, 3.05) is 20.1 Å². The first kappa shape index (κ1) is 10.7. The third-order valence-electron chi connectivity index (χ3n) is 1.91. The molecule has 0 aromatic rings. The SMILES string of the molecule is CNC(=O)[C@H]1CCCNC1.Cl. The Morgan fingerprint density at radius 3 is 2.82 bits per heavy atom. The van der Waals surface area contributed by atoms with Crippen molar-refractivity contribution in [3.8, 4) is 0 Å². The molecule has 0 bridgehead atoms. The summed E-state index contributed by atoms with van der Waals surface area (Å²) in [5.74, 6) is 0.381. The largest absolute Gasteiger partial charge is 0.359 e. The van der Waals surface area contributed by atoms with Crippen LogP contribution >= 0.6 is 12.4 Å². The average Bonchev–Trinajstić information content (AvgIpc) is 2.05. The highest BCUT2D eigenvalue weighted by molar-refractivity contribution is 5.85. The van der Waals surface area contributed by atoms with Gasteiger partial charge in [-0.3, -0.25) is 4.79 Å². The zero-order chi connectivity index (χ0) is 7.40. The van der Waals surface area contributed by atoms with Crippen molar-refractivity contribution in [2.45, 2.75) is 12.8 Å². The van der Waals surface area contributed by atoms with Gasteiger partial charge >= 0.3 is 0 Å². The Balaban J connectivity index is 0.000001000. The molecule has 0 unspecified atom stereocenters. The highest BCUT2D eigenvalue weighted by Crippen LogP contribution is 2.08. The highest BCUT2D eigenvalue weighted by Gasteiger charge is 2.18. The van der Waals surface area contributed by atoms with Crippen LogP contribution in [-0.4, -0.2) is 26.0 Å². The predicted molar refractivity (Wildman–Crippen MR) is 46.9 cm³/mol. The molecule has 1 atom stereocenters. The highest BCUT2D eigenvalue weighted by atomic mass is 35.5. The van der Waals surface area contributed by atoms with Gasteiger partial charge in [-0.1, -0.05) is 0 Å². The van der Waals surface area contributed by atoms with E-state index in [9.17, 15) is 4.79 Å². The van der Waals surface area contributed by atoms with Crippen molar-refractivity contribution < 1.29 is 4.79 Å². The third-order valence-corrected chi connectivity index (χ3v) is 1.91. The molecule has 2 N–H and O–H groups in total. The maximum atomic E-state index is 11.0. The van der Waals surface area contributed by atoms with E-state index in [4.69, 9.17) is 0 Å². The zero-order valence-corrected chi connectivity index (χ0v) is 7.54. The van der Waals surface area contributed by atoms with E-state index >= 15 is 0 Å². The number of hydrogen-bond acceptors (Lipinski definition) is 2. The summed E-state index contributed by atoms with van der Waals surface area (Å²) < 4.78 is 0. The predicted octanol–water partition coefficient (Wildman–Crippen LogP) is 0.154. The topological polar surface area (TPSA) is 41.1 Å². The van der Waals surface area contributed by atoms with Crippen LogP contribution in [0.4, 0.5) is 0 Å². The second-order valence-corrected chi connectivity index (χ2v) is 2.66. The minimum absolute atomic E-state index is 0. The molecule has 4 heteroatoms. The van der Waals surface area contributed by atoms with Gasteiger partial charge in [0.1, 0.15) is 0 Å². The van der Waals surface area contributed by atoms with Gasteiger partial charge in [-0.15, -0.1) is 12.4 Å². The molecular formula is C7H15ClN2O. The summed E-state index contributed by atoms with van der Waals surface area (Å²) in [5, 5.41) is 5.84. The lowest BCUT2D eigenvalue weighted by Crippen LogP contribution is -2.39. The number of rotatable bonds is 1. The van der Waals surface area contributed by atoms with Gasteiger partial charge in [0, 0.05) is 13.6 Å². The fourth-order valence-electron chi connectivity index (χ4n) is 1.28. The lowest BCUT2D eigenvalue weighted by atomic mass is 9.99. The molecule has 0 aliphatic carbocycles. The van der Waals surface area contributed by atoms with Gasteiger partial charge in [-0.05, 0) is 19.4 Å².